The smallest absolute Gasteiger partial charge is 0.262 e. The summed E-state index contributed by atoms with van der Waals surface area (Å²) in [5.74, 6) is 0.0203. The number of fused-ring (bicyclic) bond motifs is 1. The van der Waals surface area contributed by atoms with Crippen molar-refractivity contribution in [2.75, 3.05) is 11.1 Å². The molecule has 1 N–H and O–H groups in total. The van der Waals surface area contributed by atoms with Crippen LogP contribution in [-0.4, -0.2) is 26.2 Å². The van der Waals surface area contributed by atoms with E-state index in [0.717, 1.165) is 6.42 Å². The number of carbonyl (C=O) groups excluding carboxylic acids is 1. The summed E-state index contributed by atoms with van der Waals surface area (Å²) in [6.07, 6.45) is 0.781. The Morgan fingerprint density at radius 3 is 2.71 bits per heavy atom. The van der Waals surface area contributed by atoms with Crippen LogP contribution in [0.1, 0.15) is 19.0 Å². The van der Waals surface area contributed by atoms with Crippen molar-refractivity contribution < 1.29 is 4.79 Å². The zero-order valence-electron chi connectivity index (χ0n) is 15.3. The van der Waals surface area contributed by atoms with Gasteiger partial charge in [0, 0.05) is 6.54 Å². The van der Waals surface area contributed by atoms with E-state index in [1.165, 1.54) is 17.8 Å². The van der Waals surface area contributed by atoms with Gasteiger partial charge in [-0.15, -0.1) is 0 Å². The molecule has 0 spiro atoms. The Labute approximate surface area is 176 Å². The molecule has 0 aliphatic heterocycles. The number of aryl methyl sites for hydroxylation is 1. The van der Waals surface area contributed by atoms with Gasteiger partial charge in [0.1, 0.15) is 0 Å². The van der Waals surface area contributed by atoms with Gasteiger partial charge in [0.15, 0.2) is 11.0 Å². The lowest BCUT2D eigenvalue weighted by molar-refractivity contribution is -0.113. The topological polar surface area (TPSA) is 76.9 Å². The molecule has 0 aliphatic carbocycles. The second kappa shape index (κ2) is 8.94. The van der Waals surface area contributed by atoms with Crippen molar-refractivity contribution in [3.8, 4) is 0 Å². The highest BCUT2D eigenvalue weighted by molar-refractivity contribution is 7.99. The monoisotopic (exact) mass is 436 g/mol. The van der Waals surface area contributed by atoms with E-state index in [9.17, 15) is 9.59 Å². The minimum Gasteiger partial charge on any atom is -0.309 e. The predicted molar refractivity (Wildman–Crippen MR) is 115 cm³/mol. The molecule has 3 rings (SSSR count). The molecular weight excluding hydrogens is 419 g/mol. The average molecular weight is 437 g/mol. The van der Waals surface area contributed by atoms with Crippen molar-refractivity contribution >= 4 is 57.6 Å². The maximum Gasteiger partial charge on any atom is 0.262 e. The largest absolute Gasteiger partial charge is 0.309 e. The summed E-state index contributed by atoms with van der Waals surface area (Å²) in [5.41, 5.74) is 1.08. The van der Waals surface area contributed by atoms with Crippen molar-refractivity contribution in [2.24, 2.45) is 0 Å². The molecule has 0 saturated carbocycles. The fourth-order valence-corrected chi connectivity index (χ4v) is 3.85. The van der Waals surface area contributed by atoms with Gasteiger partial charge in [-0.3, -0.25) is 14.2 Å². The Kier molecular flexibility index (Phi) is 6.59. The van der Waals surface area contributed by atoms with Crippen molar-refractivity contribution in [3.05, 3.63) is 56.4 Å². The number of amides is 1. The molecule has 0 bridgehead atoms. The van der Waals surface area contributed by atoms with Crippen LogP contribution in [0.15, 0.2) is 40.3 Å². The minimum absolute atomic E-state index is 0.0637. The van der Waals surface area contributed by atoms with Crippen LogP contribution in [0.25, 0.3) is 10.9 Å². The van der Waals surface area contributed by atoms with Crippen LogP contribution in [0.5, 0.6) is 0 Å². The van der Waals surface area contributed by atoms with Crippen LogP contribution in [-0.2, 0) is 11.3 Å². The average Bonchev–Trinajstić information content (AvgIpc) is 2.67. The summed E-state index contributed by atoms with van der Waals surface area (Å²) in [6.45, 7) is 4.25. The number of aromatic nitrogens is 3. The van der Waals surface area contributed by atoms with E-state index in [1.54, 1.807) is 23.6 Å². The zero-order chi connectivity index (χ0) is 20.3. The normalized spacial score (nSPS) is 11.0. The Morgan fingerprint density at radius 1 is 1.21 bits per heavy atom. The number of hydrogen-bond acceptors (Lipinski definition) is 5. The van der Waals surface area contributed by atoms with Crippen molar-refractivity contribution in [1.29, 1.82) is 0 Å². The SMILES string of the molecule is CCCn1c(SCC(=O)Nc2nc(C)c(Cl)cc2Cl)nc2ccccc2c1=O. The number of carbonyl (C=O) groups is 1. The van der Waals surface area contributed by atoms with Gasteiger partial charge >= 0.3 is 0 Å². The highest BCUT2D eigenvalue weighted by Gasteiger charge is 2.14. The number of thioether (sulfide) groups is 1. The molecule has 6 nitrogen and oxygen atoms in total. The maximum atomic E-state index is 12.8. The van der Waals surface area contributed by atoms with E-state index in [1.807, 2.05) is 19.1 Å². The molecule has 28 heavy (non-hydrogen) atoms. The molecule has 0 saturated heterocycles. The summed E-state index contributed by atoms with van der Waals surface area (Å²) in [6, 6.07) is 8.73. The molecule has 9 heteroatoms. The third-order valence-corrected chi connectivity index (χ3v) is 5.62. The highest BCUT2D eigenvalue weighted by Crippen LogP contribution is 2.26. The van der Waals surface area contributed by atoms with E-state index in [4.69, 9.17) is 23.2 Å². The second-order valence-electron chi connectivity index (χ2n) is 6.09. The van der Waals surface area contributed by atoms with Crippen molar-refractivity contribution in [3.63, 3.8) is 0 Å². The number of anilines is 1. The van der Waals surface area contributed by atoms with Gasteiger partial charge in [-0.05, 0) is 31.5 Å². The Morgan fingerprint density at radius 2 is 1.96 bits per heavy atom. The van der Waals surface area contributed by atoms with Gasteiger partial charge in [-0.1, -0.05) is 54.0 Å². The van der Waals surface area contributed by atoms with Crippen LogP contribution in [0.4, 0.5) is 5.82 Å². The quantitative estimate of drug-likeness (QED) is 0.452. The maximum absolute atomic E-state index is 12.8. The van der Waals surface area contributed by atoms with Gasteiger partial charge in [0.2, 0.25) is 5.91 Å². The lowest BCUT2D eigenvalue weighted by Crippen LogP contribution is -2.24. The molecule has 0 radical (unpaired) electrons. The number of para-hydroxylation sites is 1. The molecule has 1 aromatic carbocycles. The predicted octanol–water partition coefficient (Wildman–Crippen LogP) is 4.55. The van der Waals surface area contributed by atoms with Gasteiger partial charge in [-0.2, -0.15) is 0 Å². The number of pyridine rings is 1. The lowest BCUT2D eigenvalue weighted by Gasteiger charge is -2.12. The molecule has 2 aromatic heterocycles. The highest BCUT2D eigenvalue weighted by atomic mass is 35.5. The minimum atomic E-state index is -0.299. The van der Waals surface area contributed by atoms with Gasteiger partial charge in [0.25, 0.3) is 5.56 Å². The summed E-state index contributed by atoms with van der Waals surface area (Å²) in [7, 11) is 0. The van der Waals surface area contributed by atoms with Crippen LogP contribution in [0, 0.1) is 6.92 Å². The Bertz CT molecular complexity index is 1100. The third kappa shape index (κ3) is 4.48. The molecule has 0 unspecified atom stereocenters. The number of hydrogen-bond donors (Lipinski definition) is 1. The molecule has 0 aliphatic rings. The molecule has 1 amide bonds. The summed E-state index contributed by atoms with van der Waals surface area (Å²) >= 11 is 13.3. The molecule has 2 heterocycles. The van der Waals surface area contributed by atoms with E-state index in [-0.39, 0.29) is 28.1 Å². The van der Waals surface area contributed by atoms with Gasteiger partial charge in [-0.25, -0.2) is 9.97 Å². The summed E-state index contributed by atoms with van der Waals surface area (Å²) < 4.78 is 1.61. The standard InChI is InChI=1S/C19H18Cl2N4O2S/c1-3-8-25-18(27)12-6-4-5-7-15(12)23-19(25)28-10-16(26)24-17-14(21)9-13(20)11(2)22-17/h4-7,9H,3,8,10H2,1-2H3,(H,22,24,26). The van der Waals surface area contributed by atoms with Crippen LogP contribution < -0.4 is 10.9 Å². The molecule has 146 valence electrons. The van der Waals surface area contributed by atoms with Crippen LogP contribution in [0.2, 0.25) is 10.0 Å². The van der Waals surface area contributed by atoms with E-state index in [2.05, 4.69) is 15.3 Å². The van der Waals surface area contributed by atoms with Gasteiger partial charge in [0.05, 0.1) is 32.4 Å². The number of rotatable bonds is 6. The fourth-order valence-electron chi connectivity index (χ4n) is 2.62. The van der Waals surface area contributed by atoms with E-state index >= 15 is 0 Å². The first kappa shape index (κ1) is 20.6. The van der Waals surface area contributed by atoms with Crippen LogP contribution in [0.3, 0.4) is 0 Å². The van der Waals surface area contributed by atoms with Crippen LogP contribution >= 0.6 is 35.0 Å². The molecule has 0 atom stereocenters. The van der Waals surface area contributed by atoms with Crippen molar-refractivity contribution in [1.82, 2.24) is 14.5 Å². The lowest BCUT2D eigenvalue weighted by atomic mass is 10.2. The zero-order valence-corrected chi connectivity index (χ0v) is 17.7. The van der Waals surface area contributed by atoms with E-state index in [0.29, 0.717) is 33.3 Å². The van der Waals surface area contributed by atoms with Crippen molar-refractivity contribution in [2.45, 2.75) is 32.0 Å². The summed E-state index contributed by atoms with van der Waals surface area (Å²) in [4.78, 5) is 33.9. The molecule has 0 fully saturated rings. The number of nitrogens with one attached hydrogen (secondary N) is 1. The first-order chi connectivity index (χ1) is 13.4. The first-order valence-electron chi connectivity index (χ1n) is 8.65. The van der Waals surface area contributed by atoms with E-state index < -0.39 is 0 Å². The first-order valence-corrected chi connectivity index (χ1v) is 10.4. The number of halogens is 2. The number of benzene rings is 1. The Balaban J connectivity index is 1.81. The number of nitrogens with zero attached hydrogens (tertiary/aromatic N) is 3. The third-order valence-electron chi connectivity index (χ3n) is 3.97. The molecular formula is C19H18Cl2N4O2S. The molecule has 3 aromatic rings. The van der Waals surface area contributed by atoms with Gasteiger partial charge < -0.3 is 5.32 Å². The summed E-state index contributed by atoms with van der Waals surface area (Å²) in [5, 5.41) is 4.44. The fraction of sp³-hybridized carbons (Fsp3) is 0.263. The second-order valence-corrected chi connectivity index (χ2v) is 7.85. The Hall–Kier alpha value is -2.09.